The minimum Gasteiger partial charge on any atom is -0.342 e. The molecule has 1 atom stereocenters. The molecule has 0 unspecified atom stereocenters. The topological polar surface area (TPSA) is 77.5 Å². The number of hydrogen-bond donors (Lipinski definition) is 0. The van der Waals surface area contributed by atoms with Crippen LogP contribution in [0.25, 0.3) is 23.0 Å². The first-order chi connectivity index (χ1) is 15.1. The lowest BCUT2D eigenvalue weighted by Crippen LogP contribution is -2.47. The van der Waals surface area contributed by atoms with Crippen molar-refractivity contribution in [3.63, 3.8) is 0 Å². The third-order valence-electron chi connectivity index (χ3n) is 6.49. The van der Waals surface area contributed by atoms with E-state index in [-0.39, 0.29) is 5.54 Å². The maximum Gasteiger partial charge on any atom is 0.237 e. The summed E-state index contributed by atoms with van der Waals surface area (Å²) in [5.41, 5.74) is 1.67. The van der Waals surface area contributed by atoms with Gasteiger partial charge in [0, 0.05) is 29.5 Å². The average Bonchev–Trinajstić information content (AvgIpc) is 3.52. The Morgan fingerprint density at radius 1 is 1.19 bits per heavy atom. The first-order valence-electron chi connectivity index (χ1n) is 10.5. The minimum absolute atomic E-state index is 0.176. The predicted molar refractivity (Wildman–Crippen MR) is 118 cm³/mol. The monoisotopic (exact) mass is 432 g/mol. The molecule has 4 aromatic rings. The number of aromatic nitrogens is 7. The van der Waals surface area contributed by atoms with Crippen molar-refractivity contribution < 1.29 is 0 Å². The van der Waals surface area contributed by atoms with E-state index in [1.54, 1.807) is 6.20 Å². The Balaban J connectivity index is 1.54. The van der Waals surface area contributed by atoms with Gasteiger partial charge in [-0.3, -0.25) is 9.13 Å². The second kappa shape index (κ2) is 6.62. The van der Waals surface area contributed by atoms with Crippen molar-refractivity contribution in [2.75, 3.05) is 11.4 Å². The van der Waals surface area contributed by atoms with E-state index < -0.39 is 0 Å². The Bertz CT molecular complexity index is 1310. The zero-order valence-electron chi connectivity index (χ0n) is 17.3. The highest BCUT2D eigenvalue weighted by Crippen LogP contribution is 2.49. The zero-order chi connectivity index (χ0) is 21.2. The zero-order valence-corrected chi connectivity index (χ0v) is 18.1. The van der Waals surface area contributed by atoms with E-state index in [1.165, 1.54) is 0 Å². The van der Waals surface area contributed by atoms with Crippen molar-refractivity contribution in [3.05, 3.63) is 59.5 Å². The molecule has 9 heteroatoms. The number of aryl methyl sites for hydroxylation is 1. The molecule has 2 aliphatic heterocycles. The summed E-state index contributed by atoms with van der Waals surface area (Å²) >= 11 is 6.21. The van der Waals surface area contributed by atoms with Gasteiger partial charge in [0.05, 0.1) is 6.20 Å². The molecule has 0 saturated carbocycles. The third-order valence-corrected chi connectivity index (χ3v) is 6.72. The predicted octanol–water partition coefficient (Wildman–Crippen LogP) is 4.09. The first kappa shape index (κ1) is 18.5. The minimum atomic E-state index is -0.176. The van der Waals surface area contributed by atoms with E-state index in [0.29, 0.717) is 11.0 Å². The quantitative estimate of drug-likeness (QED) is 0.485. The van der Waals surface area contributed by atoms with Crippen LogP contribution in [0.5, 0.6) is 0 Å². The molecule has 0 aliphatic carbocycles. The van der Waals surface area contributed by atoms with Crippen LogP contribution in [-0.4, -0.2) is 40.8 Å². The molecular weight excluding hydrogens is 412 g/mol. The Kier molecular flexibility index (Phi) is 3.95. The molecule has 0 N–H and O–H groups in total. The lowest BCUT2D eigenvalue weighted by molar-refractivity contribution is 0.381. The lowest BCUT2D eigenvalue weighted by atomic mass is 9.90. The molecule has 1 saturated heterocycles. The highest BCUT2D eigenvalue weighted by Gasteiger charge is 2.50. The summed E-state index contributed by atoms with van der Waals surface area (Å²) in [6.07, 6.45) is 8.59. The molecule has 0 radical (unpaired) electrons. The third kappa shape index (κ3) is 2.51. The Labute approximate surface area is 184 Å². The van der Waals surface area contributed by atoms with Gasteiger partial charge in [0.1, 0.15) is 22.9 Å². The molecule has 1 aromatic carbocycles. The molecular formula is C22H21ClN8. The fraction of sp³-hybridized carbons (Fsp3) is 0.318. The maximum atomic E-state index is 6.21. The number of imidazole rings is 1. The van der Waals surface area contributed by atoms with Gasteiger partial charge in [-0.1, -0.05) is 30.7 Å². The van der Waals surface area contributed by atoms with Crippen molar-refractivity contribution in [2.45, 2.75) is 38.6 Å². The summed E-state index contributed by atoms with van der Waals surface area (Å²) in [6, 6.07) is 7.65. The number of nitrogens with zero attached hydrogens (tertiary/aromatic N) is 8. The maximum absolute atomic E-state index is 6.21. The van der Waals surface area contributed by atoms with Gasteiger partial charge in [0.25, 0.3) is 0 Å². The second-order valence-electron chi connectivity index (χ2n) is 8.06. The summed E-state index contributed by atoms with van der Waals surface area (Å²) in [7, 11) is 0. The number of rotatable bonds is 3. The molecule has 3 aromatic heterocycles. The van der Waals surface area contributed by atoms with Crippen LogP contribution in [0.15, 0.2) is 42.9 Å². The molecule has 0 amide bonds. The normalized spacial score (nSPS) is 19.3. The Hall–Kier alpha value is -3.26. The van der Waals surface area contributed by atoms with Gasteiger partial charge in [-0.25, -0.2) is 9.97 Å². The smallest absolute Gasteiger partial charge is 0.237 e. The van der Waals surface area contributed by atoms with Gasteiger partial charge in [-0.05, 0) is 38.3 Å². The SMILES string of the molecule is CC[C@@]12CCCN1c1nc(-n3ccnc3-c3cccc(Cl)c3)ncc1-n1c(C)nnc12. The van der Waals surface area contributed by atoms with Crippen LogP contribution in [0.4, 0.5) is 5.82 Å². The fourth-order valence-corrected chi connectivity index (χ4v) is 5.22. The fourth-order valence-electron chi connectivity index (χ4n) is 5.03. The molecule has 8 nitrogen and oxygen atoms in total. The van der Waals surface area contributed by atoms with Crippen LogP contribution in [0.1, 0.15) is 37.8 Å². The largest absolute Gasteiger partial charge is 0.342 e. The average molecular weight is 433 g/mol. The van der Waals surface area contributed by atoms with Gasteiger partial charge in [0.15, 0.2) is 11.6 Å². The summed E-state index contributed by atoms with van der Waals surface area (Å²) in [4.78, 5) is 16.7. The molecule has 6 rings (SSSR count). The number of halogens is 1. The second-order valence-corrected chi connectivity index (χ2v) is 8.49. The van der Waals surface area contributed by atoms with Gasteiger partial charge in [-0.15, -0.1) is 10.2 Å². The van der Waals surface area contributed by atoms with Gasteiger partial charge >= 0.3 is 0 Å². The number of anilines is 1. The molecule has 156 valence electrons. The highest BCUT2D eigenvalue weighted by atomic mass is 35.5. The molecule has 31 heavy (non-hydrogen) atoms. The van der Waals surface area contributed by atoms with Crippen molar-refractivity contribution in [1.29, 1.82) is 0 Å². The molecule has 5 heterocycles. The first-order valence-corrected chi connectivity index (χ1v) is 10.9. The number of fused-ring (bicyclic) bond motifs is 6. The molecule has 2 aliphatic rings. The summed E-state index contributed by atoms with van der Waals surface area (Å²) < 4.78 is 4.03. The molecule has 1 fully saturated rings. The van der Waals surface area contributed by atoms with Crippen molar-refractivity contribution in [3.8, 4) is 23.0 Å². The van der Waals surface area contributed by atoms with Crippen molar-refractivity contribution >= 4 is 17.4 Å². The lowest BCUT2D eigenvalue weighted by Gasteiger charge is -2.42. The van der Waals surface area contributed by atoms with Crippen LogP contribution in [-0.2, 0) is 5.54 Å². The summed E-state index contributed by atoms with van der Waals surface area (Å²) in [5, 5.41) is 9.62. The van der Waals surface area contributed by atoms with E-state index in [9.17, 15) is 0 Å². The van der Waals surface area contributed by atoms with E-state index in [2.05, 4.69) is 31.6 Å². The molecule has 0 bridgehead atoms. The van der Waals surface area contributed by atoms with Gasteiger partial charge in [0.2, 0.25) is 5.95 Å². The van der Waals surface area contributed by atoms with Crippen LogP contribution in [0, 0.1) is 6.92 Å². The Morgan fingerprint density at radius 3 is 2.94 bits per heavy atom. The summed E-state index contributed by atoms with van der Waals surface area (Å²) in [5.74, 6) is 4.11. The van der Waals surface area contributed by atoms with Crippen molar-refractivity contribution in [2.24, 2.45) is 0 Å². The van der Waals surface area contributed by atoms with Crippen LogP contribution in [0.2, 0.25) is 5.02 Å². The van der Waals surface area contributed by atoms with Crippen LogP contribution < -0.4 is 4.90 Å². The number of benzene rings is 1. The van der Waals surface area contributed by atoms with E-state index in [4.69, 9.17) is 21.6 Å². The Morgan fingerprint density at radius 2 is 2.10 bits per heavy atom. The highest BCUT2D eigenvalue weighted by molar-refractivity contribution is 6.30. The van der Waals surface area contributed by atoms with E-state index in [1.807, 2.05) is 48.1 Å². The standard InChI is InChI=1S/C22H21ClN8/c1-3-22-8-5-10-30(22)19-17(31-14(2)27-28-20(22)31)13-25-21(26-19)29-11-9-24-18(29)15-6-4-7-16(23)12-15/h4,6-7,9,11-13H,3,5,8,10H2,1-2H3/t22-/m0/s1. The van der Waals surface area contributed by atoms with Gasteiger partial charge in [-0.2, -0.15) is 4.98 Å². The van der Waals surface area contributed by atoms with E-state index in [0.717, 1.165) is 60.3 Å². The van der Waals surface area contributed by atoms with E-state index >= 15 is 0 Å². The van der Waals surface area contributed by atoms with Crippen molar-refractivity contribution in [1.82, 2.24) is 34.3 Å². The van der Waals surface area contributed by atoms with Gasteiger partial charge < -0.3 is 4.90 Å². The molecule has 0 spiro atoms. The van der Waals surface area contributed by atoms with Crippen LogP contribution in [0.3, 0.4) is 0 Å². The number of hydrogen-bond acceptors (Lipinski definition) is 6. The summed E-state index contributed by atoms with van der Waals surface area (Å²) in [6.45, 7) is 5.14. The van der Waals surface area contributed by atoms with Crippen LogP contribution >= 0.6 is 11.6 Å².